The summed E-state index contributed by atoms with van der Waals surface area (Å²) in [5, 5.41) is 34.2. The molecule has 0 amide bonds. The van der Waals surface area contributed by atoms with Crippen molar-refractivity contribution in [2.24, 2.45) is 11.8 Å². The SMILES string of the molecule is C=C(/C=C\C=C/C)[C@@H]1[C@@H](CN2CC(F)C2)[C@@H](O)[C@@]2(O)c3c(cc(Cl)nc3OC)O[C@@]12c1ccc(C#N)cc1. The Morgan fingerprint density at radius 1 is 1.37 bits per heavy atom. The summed E-state index contributed by atoms with van der Waals surface area (Å²) in [6.07, 6.45) is 5.09. The maximum Gasteiger partial charge on any atom is 0.224 e. The molecule has 2 fully saturated rings. The highest BCUT2D eigenvalue weighted by Gasteiger charge is 2.77. The van der Waals surface area contributed by atoms with E-state index in [4.69, 9.17) is 21.1 Å². The molecule has 5 atom stereocenters. The normalized spacial score (nSPS) is 30.6. The number of pyridine rings is 1. The summed E-state index contributed by atoms with van der Waals surface area (Å²) in [6.45, 7) is 7.03. The zero-order valence-corrected chi connectivity index (χ0v) is 21.9. The molecule has 3 aliphatic rings. The van der Waals surface area contributed by atoms with E-state index in [2.05, 4.69) is 17.6 Å². The van der Waals surface area contributed by atoms with Gasteiger partial charge < -0.3 is 19.7 Å². The number of rotatable bonds is 7. The molecule has 2 aliphatic heterocycles. The predicted octanol–water partition coefficient (Wildman–Crippen LogP) is 4.04. The van der Waals surface area contributed by atoms with Gasteiger partial charge in [0.05, 0.1) is 30.4 Å². The van der Waals surface area contributed by atoms with E-state index in [1.165, 1.54) is 13.2 Å². The summed E-state index contributed by atoms with van der Waals surface area (Å²) in [5.74, 6) is -0.994. The molecule has 1 aliphatic carbocycles. The molecule has 2 N–H and O–H groups in total. The van der Waals surface area contributed by atoms with Crippen LogP contribution in [0.3, 0.4) is 0 Å². The van der Waals surface area contributed by atoms with Crippen LogP contribution in [0.25, 0.3) is 0 Å². The van der Waals surface area contributed by atoms with Crippen molar-refractivity contribution in [3.63, 3.8) is 0 Å². The Labute approximate surface area is 226 Å². The van der Waals surface area contributed by atoms with Gasteiger partial charge in [-0.3, -0.25) is 4.90 Å². The van der Waals surface area contributed by atoms with Gasteiger partial charge in [0.1, 0.15) is 17.1 Å². The minimum Gasteiger partial charge on any atom is -0.481 e. The maximum atomic E-state index is 13.8. The smallest absolute Gasteiger partial charge is 0.224 e. The molecule has 0 spiro atoms. The first-order valence-electron chi connectivity index (χ1n) is 12.4. The zero-order chi connectivity index (χ0) is 27.2. The molecule has 198 valence electrons. The molecule has 1 saturated heterocycles. The van der Waals surface area contributed by atoms with Crippen molar-refractivity contribution in [3.05, 3.63) is 88.6 Å². The first-order chi connectivity index (χ1) is 18.2. The molecular formula is C29H29ClFN3O4. The van der Waals surface area contributed by atoms with Crippen molar-refractivity contribution in [1.29, 1.82) is 5.26 Å². The van der Waals surface area contributed by atoms with Crippen LogP contribution in [0.5, 0.6) is 11.6 Å². The van der Waals surface area contributed by atoms with Crippen molar-refractivity contribution in [2.75, 3.05) is 26.7 Å². The highest BCUT2D eigenvalue weighted by atomic mass is 35.5. The number of aromatic nitrogens is 1. The Morgan fingerprint density at radius 3 is 2.68 bits per heavy atom. The fraction of sp³-hybridized carbons (Fsp3) is 0.379. The van der Waals surface area contributed by atoms with Gasteiger partial charge >= 0.3 is 0 Å². The third kappa shape index (κ3) is 3.76. The lowest BCUT2D eigenvalue weighted by Gasteiger charge is -2.42. The van der Waals surface area contributed by atoms with Crippen LogP contribution in [0.15, 0.2) is 66.8 Å². The Morgan fingerprint density at radius 2 is 2.08 bits per heavy atom. The van der Waals surface area contributed by atoms with Crippen LogP contribution in [0.4, 0.5) is 4.39 Å². The van der Waals surface area contributed by atoms with Crippen LogP contribution in [0.2, 0.25) is 5.15 Å². The zero-order valence-electron chi connectivity index (χ0n) is 21.1. The Bertz CT molecular complexity index is 1350. The molecule has 1 saturated carbocycles. The molecule has 0 bridgehead atoms. The number of halogens is 2. The average molecular weight is 538 g/mol. The van der Waals surface area contributed by atoms with Crippen molar-refractivity contribution in [1.82, 2.24) is 9.88 Å². The Balaban J connectivity index is 1.77. The topological polar surface area (TPSA) is 98.8 Å². The Kier molecular flexibility index (Phi) is 6.82. The summed E-state index contributed by atoms with van der Waals surface area (Å²) in [5.41, 5.74) is -1.86. The van der Waals surface area contributed by atoms with Gasteiger partial charge in [0.25, 0.3) is 0 Å². The number of hydrogen-bond acceptors (Lipinski definition) is 7. The van der Waals surface area contributed by atoms with Gasteiger partial charge in [-0.2, -0.15) is 5.26 Å². The molecule has 7 nitrogen and oxygen atoms in total. The first kappa shape index (κ1) is 26.4. The molecule has 38 heavy (non-hydrogen) atoms. The number of ether oxygens (including phenoxy) is 2. The number of methoxy groups -OCH3 is 1. The first-order valence-corrected chi connectivity index (χ1v) is 12.8. The van der Waals surface area contributed by atoms with Crippen molar-refractivity contribution >= 4 is 11.6 Å². The number of aliphatic hydroxyl groups is 2. The monoisotopic (exact) mass is 537 g/mol. The van der Waals surface area contributed by atoms with Crippen LogP contribution < -0.4 is 9.47 Å². The molecule has 3 heterocycles. The number of nitriles is 1. The third-order valence-corrected chi connectivity index (χ3v) is 8.06. The summed E-state index contributed by atoms with van der Waals surface area (Å²) < 4.78 is 26.0. The van der Waals surface area contributed by atoms with E-state index >= 15 is 0 Å². The molecule has 0 unspecified atom stereocenters. The fourth-order valence-corrected chi connectivity index (χ4v) is 6.46. The lowest BCUT2D eigenvalue weighted by molar-refractivity contribution is -0.155. The fourth-order valence-electron chi connectivity index (χ4n) is 6.29. The van der Waals surface area contributed by atoms with Gasteiger partial charge in [0, 0.05) is 37.5 Å². The van der Waals surface area contributed by atoms with Crippen molar-refractivity contribution in [3.8, 4) is 17.7 Å². The second kappa shape index (κ2) is 9.83. The average Bonchev–Trinajstić information content (AvgIpc) is 3.25. The maximum absolute atomic E-state index is 13.8. The highest BCUT2D eigenvalue weighted by molar-refractivity contribution is 6.29. The summed E-state index contributed by atoms with van der Waals surface area (Å²) in [6, 6.07) is 10.3. The van der Waals surface area contributed by atoms with Crippen LogP contribution in [0, 0.1) is 23.2 Å². The molecular weight excluding hydrogens is 509 g/mol. The minimum atomic E-state index is -2.04. The van der Waals surface area contributed by atoms with E-state index in [0.29, 0.717) is 23.2 Å². The summed E-state index contributed by atoms with van der Waals surface area (Å²) in [7, 11) is 1.40. The molecule has 0 radical (unpaired) electrons. The largest absolute Gasteiger partial charge is 0.481 e. The van der Waals surface area contributed by atoms with Gasteiger partial charge in [0.15, 0.2) is 11.2 Å². The number of allylic oxidation sites excluding steroid dienone is 4. The summed E-state index contributed by atoms with van der Waals surface area (Å²) >= 11 is 6.27. The van der Waals surface area contributed by atoms with Crippen molar-refractivity contribution < 1.29 is 24.1 Å². The van der Waals surface area contributed by atoms with Crippen LogP contribution >= 0.6 is 11.6 Å². The van der Waals surface area contributed by atoms with Crippen molar-refractivity contribution in [2.45, 2.75) is 30.4 Å². The standard InChI is InChI=1S/C29H29ClFN3O4/c1-4-5-6-7-17(2)24-21(16-34-14-20(31)15-34)26(35)28(36)25-22(12-23(30)33-27(25)37-3)38-29(24,28)19-10-8-18(13-32)9-11-19/h4-12,20-21,24,26,35-36H,2,14-16H2,1,3H3/b5-4-,7-6-/t21-,24-,26-,28+,29+/m1/s1. The van der Waals surface area contributed by atoms with Crippen LogP contribution in [-0.4, -0.2) is 59.1 Å². The number of fused-ring (bicyclic) bond motifs is 3. The van der Waals surface area contributed by atoms with Crippen LogP contribution in [0.1, 0.15) is 23.6 Å². The van der Waals surface area contributed by atoms with E-state index in [-0.39, 0.29) is 35.4 Å². The molecule has 1 aromatic carbocycles. The number of likely N-dealkylation sites (tertiary alicyclic amines) is 1. The second-order valence-corrected chi connectivity index (χ2v) is 10.4. The van der Waals surface area contributed by atoms with E-state index in [1.54, 1.807) is 24.3 Å². The molecule has 5 rings (SSSR count). The number of hydrogen-bond donors (Lipinski definition) is 2. The lowest BCUT2D eigenvalue weighted by atomic mass is 9.70. The highest BCUT2D eigenvalue weighted by Crippen LogP contribution is 2.68. The van der Waals surface area contributed by atoms with Gasteiger partial charge in [-0.25, -0.2) is 9.37 Å². The molecule has 9 heteroatoms. The molecule has 1 aromatic heterocycles. The minimum absolute atomic E-state index is 0.0341. The van der Waals surface area contributed by atoms with E-state index in [0.717, 1.165) is 0 Å². The predicted molar refractivity (Wildman–Crippen MR) is 141 cm³/mol. The Hall–Kier alpha value is -3.22. The van der Waals surface area contributed by atoms with E-state index in [1.807, 2.05) is 36.1 Å². The number of benzene rings is 1. The number of alkyl halides is 1. The van der Waals surface area contributed by atoms with Crippen LogP contribution in [-0.2, 0) is 11.2 Å². The number of aliphatic hydroxyl groups excluding tert-OH is 1. The second-order valence-electron chi connectivity index (χ2n) is 9.98. The summed E-state index contributed by atoms with van der Waals surface area (Å²) in [4.78, 5) is 6.16. The van der Waals surface area contributed by atoms with E-state index < -0.39 is 35.3 Å². The quantitative estimate of drug-likeness (QED) is 0.406. The molecule has 2 aromatic rings. The van der Waals surface area contributed by atoms with E-state index in [9.17, 15) is 19.9 Å². The third-order valence-electron chi connectivity index (χ3n) is 7.87. The van der Waals surface area contributed by atoms with Gasteiger partial charge in [0.2, 0.25) is 5.88 Å². The van der Waals surface area contributed by atoms with Gasteiger partial charge in [-0.1, -0.05) is 54.6 Å². The number of nitrogens with zero attached hydrogens (tertiary/aromatic N) is 3. The van der Waals surface area contributed by atoms with Gasteiger partial charge in [-0.15, -0.1) is 0 Å². The lowest BCUT2D eigenvalue weighted by Crippen LogP contribution is -2.53. The van der Waals surface area contributed by atoms with Gasteiger partial charge in [-0.05, 0) is 30.2 Å².